The molecule has 2 fully saturated rings. The Labute approximate surface area is 197 Å². The lowest BCUT2D eigenvalue weighted by Gasteiger charge is -2.32. The van der Waals surface area contributed by atoms with Gasteiger partial charge in [0.1, 0.15) is 0 Å². The minimum absolute atomic E-state index is 0.345. The summed E-state index contributed by atoms with van der Waals surface area (Å²) in [5.74, 6) is 0. The molecule has 0 bridgehead atoms. The van der Waals surface area contributed by atoms with E-state index < -0.39 is 0 Å². The normalized spacial score (nSPS) is 23.2. The van der Waals surface area contributed by atoms with Crippen LogP contribution in [0.1, 0.15) is 106 Å². The largest absolute Gasteiger partial charge is 0.495 e. The van der Waals surface area contributed by atoms with Crippen LogP contribution >= 0.6 is 0 Å². The Morgan fingerprint density at radius 1 is 0.625 bits per heavy atom. The first-order chi connectivity index (χ1) is 14.8. The van der Waals surface area contributed by atoms with Crippen LogP contribution in [0.2, 0.25) is 0 Å². The van der Waals surface area contributed by atoms with Gasteiger partial charge in [0.2, 0.25) is 0 Å². The van der Waals surface area contributed by atoms with Crippen molar-refractivity contribution in [3.8, 4) is 0 Å². The lowest BCUT2D eigenvalue weighted by molar-refractivity contribution is 0.00578. The molecule has 32 heavy (non-hydrogen) atoms. The molecule has 2 aliphatic heterocycles. The molecule has 0 spiro atoms. The maximum absolute atomic E-state index is 6.40. The third-order valence-corrected chi connectivity index (χ3v) is 8.00. The zero-order valence-corrected chi connectivity index (χ0v) is 22.0. The lowest BCUT2D eigenvalue weighted by Crippen LogP contribution is -2.41. The molecule has 2 aliphatic rings. The molecule has 1 aromatic rings. The third kappa shape index (κ3) is 5.29. The summed E-state index contributed by atoms with van der Waals surface area (Å²) in [5, 5.41) is 0. The first-order valence-corrected chi connectivity index (χ1v) is 12.6. The Kier molecular flexibility index (Phi) is 7.62. The van der Waals surface area contributed by atoms with Gasteiger partial charge in [-0.2, -0.15) is 0 Å². The van der Waals surface area contributed by atoms with E-state index in [0.717, 1.165) is 17.3 Å². The molecule has 1 aromatic carbocycles. The molecular formula is C26H44B2O4. The van der Waals surface area contributed by atoms with Gasteiger partial charge in [0.25, 0.3) is 0 Å². The van der Waals surface area contributed by atoms with Gasteiger partial charge < -0.3 is 18.6 Å². The van der Waals surface area contributed by atoms with E-state index in [-0.39, 0.29) is 36.6 Å². The van der Waals surface area contributed by atoms with Crippen molar-refractivity contribution in [2.24, 2.45) is 0 Å². The van der Waals surface area contributed by atoms with Gasteiger partial charge in [0.05, 0.1) is 22.4 Å². The summed E-state index contributed by atoms with van der Waals surface area (Å²) in [6, 6.07) is 6.54. The maximum Gasteiger partial charge on any atom is 0.495 e. The van der Waals surface area contributed by atoms with Crippen molar-refractivity contribution in [3.63, 3.8) is 0 Å². The van der Waals surface area contributed by atoms with Crippen LogP contribution in [0.4, 0.5) is 0 Å². The number of aryl methyl sites for hydroxylation is 1. The summed E-state index contributed by atoms with van der Waals surface area (Å²) in [6.07, 6.45) is 8.68. The van der Waals surface area contributed by atoms with E-state index in [0.29, 0.717) is 0 Å². The predicted molar refractivity (Wildman–Crippen MR) is 135 cm³/mol. The van der Waals surface area contributed by atoms with Gasteiger partial charge in [-0.15, -0.1) is 0 Å². The first-order valence-electron chi connectivity index (χ1n) is 12.6. The summed E-state index contributed by atoms with van der Waals surface area (Å²) in [4.78, 5) is 0. The summed E-state index contributed by atoms with van der Waals surface area (Å²) < 4.78 is 25.4. The molecule has 6 heteroatoms. The molecule has 0 saturated carbocycles. The molecule has 4 nitrogen and oxygen atoms in total. The van der Waals surface area contributed by atoms with E-state index in [1.165, 1.54) is 44.1 Å². The molecule has 0 aliphatic carbocycles. The van der Waals surface area contributed by atoms with Gasteiger partial charge in [0.15, 0.2) is 0 Å². The highest BCUT2D eigenvalue weighted by Crippen LogP contribution is 2.38. The van der Waals surface area contributed by atoms with Crippen molar-refractivity contribution in [1.82, 2.24) is 0 Å². The molecule has 3 rings (SSSR count). The number of hydrogen-bond acceptors (Lipinski definition) is 4. The summed E-state index contributed by atoms with van der Waals surface area (Å²) in [6.45, 7) is 19.1. The summed E-state index contributed by atoms with van der Waals surface area (Å²) >= 11 is 0. The van der Waals surface area contributed by atoms with Gasteiger partial charge in [-0.3, -0.25) is 0 Å². The second kappa shape index (κ2) is 9.44. The minimum Gasteiger partial charge on any atom is -0.399 e. The van der Waals surface area contributed by atoms with E-state index in [1.54, 1.807) is 0 Å². The van der Waals surface area contributed by atoms with E-state index in [4.69, 9.17) is 18.6 Å². The number of benzene rings is 1. The Hall–Kier alpha value is -0.810. The second-order valence-electron chi connectivity index (χ2n) is 11.7. The maximum atomic E-state index is 6.40. The fourth-order valence-electron chi connectivity index (χ4n) is 4.26. The Balaban J connectivity index is 1.82. The van der Waals surface area contributed by atoms with Crippen molar-refractivity contribution in [3.05, 3.63) is 23.8 Å². The first kappa shape index (κ1) is 25.8. The van der Waals surface area contributed by atoms with E-state index >= 15 is 0 Å². The smallest absolute Gasteiger partial charge is 0.399 e. The van der Waals surface area contributed by atoms with Crippen LogP contribution in [0.5, 0.6) is 0 Å². The molecule has 0 aromatic heterocycles. The van der Waals surface area contributed by atoms with Gasteiger partial charge in [-0.25, -0.2) is 0 Å². The molecule has 0 amide bonds. The van der Waals surface area contributed by atoms with Crippen LogP contribution in [0.3, 0.4) is 0 Å². The number of hydrogen-bond donors (Lipinski definition) is 0. The molecule has 0 N–H and O–H groups in total. The van der Waals surface area contributed by atoms with Crippen LogP contribution in [-0.4, -0.2) is 36.6 Å². The average Bonchev–Trinajstić information content (AvgIpc) is 3.04. The Morgan fingerprint density at radius 3 is 1.62 bits per heavy atom. The van der Waals surface area contributed by atoms with Crippen LogP contribution in [0.15, 0.2) is 18.2 Å². The van der Waals surface area contributed by atoms with Crippen LogP contribution in [-0.2, 0) is 25.0 Å². The quantitative estimate of drug-likeness (QED) is 0.390. The van der Waals surface area contributed by atoms with Crippen LogP contribution in [0.25, 0.3) is 0 Å². The molecule has 0 unspecified atom stereocenters. The topological polar surface area (TPSA) is 36.9 Å². The van der Waals surface area contributed by atoms with Crippen molar-refractivity contribution in [1.29, 1.82) is 0 Å². The van der Waals surface area contributed by atoms with Crippen molar-refractivity contribution >= 4 is 25.2 Å². The Bertz CT molecular complexity index is 756. The van der Waals surface area contributed by atoms with Gasteiger partial charge >= 0.3 is 14.2 Å². The summed E-state index contributed by atoms with van der Waals surface area (Å²) in [7, 11) is -0.696. The van der Waals surface area contributed by atoms with Crippen molar-refractivity contribution in [2.75, 3.05) is 0 Å². The van der Waals surface area contributed by atoms with Gasteiger partial charge in [-0.1, -0.05) is 57.2 Å². The zero-order valence-electron chi connectivity index (χ0n) is 22.0. The lowest BCUT2D eigenvalue weighted by atomic mass is 9.70. The highest BCUT2D eigenvalue weighted by Gasteiger charge is 2.53. The molecule has 178 valence electrons. The minimum atomic E-state index is -0.351. The van der Waals surface area contributed by atoms with Gasteiger partial charge in [-0.05, 0) is 84.7 Å². The SMILES string of the molecule is CCCCCCCCc1cc(B2OC(C)(C)C(C)(C)O2)ccc1B1OC(C)(C)C(C)(C)O1. The fourth-order valence-corrected chi connectivity index (χ4v) is 4.26. The number of unbranched alkanes of at least 4 members (excludes halogenated alkanes) is 5. The molecule has 0 atom stereocenters. The van der Waals surface area contributed by atoms with Crippen molar-refractivity contribution < 1.29 is 18.6 Å². The fraction of sp³-hybridized carbons (Fsp3) is 0.769. The molecule has 2 heterocycles. The van der Waals surface area contributed by atoms with Gasteiger partial charge in [0, 0.05) is 0 Å². The standard InChI is InChI=1S/C26H44B2O4/c1-10-11-12-13-14-15-16-20-19-21(27-29-23(2,3)24(4,5)30-27)17-18-22(20)28-31-25(6,7)26(8,9)32-28/h17-19H,10-16H2,1-9H3. The monoisotopic (exact) mass is 442 g/mol. The molecular weight excluding hydrogens is 398 g/mol. The van der Waals surface area contributed by atoms with Crippen LogP contribution < -0.4 is 10.9 Å². The van der Waals surface area contributed by atoms with Crippen molar-refractivity contribution in [2.45, 2.75) is 130 Å². The highest BCUT2D eigenvalue weighted by atomic mass is 16.7. The molecule has 0 radical (unpaired) electrons. The van der Waals surface area contributed by atoms with Crippen LogP contribution in [0, 0.1) is 0 Å². The highest BCUT2D eigenvalue weighted by molar-refractivity contribution is 6.64. The van der Waals surface area contributed by atoms with E-state index in [9.17, 15) is 0 Å². The number of rotatable bonds is 9. The third-order valence-electron chi connectivity index (χ3n) is 8.00. The Morgan fingerprint density at radius 2 is 1.09 bits per heavy atom. The molecule has 2 saturated heterocycles. The van der Waals surface area contributed by atoms with E-state index in [1.807, 2.05) is 0 Å². The predicted octanol–water partition coefficient (Wildman–Crippen LogP) is 5.19. The second-order valence-corrected chi connectivity index (χ2v) is 11.7. The summed E-state index contributed by atoms with van der Waals surface area (Å²) in [5.41, 5.74) is 2.11. The zero-order chi connectivity index (χ0) is 23.8. The van der Waals surface area contributed by atoms with E-state index in [2.05, 4.69) is 80.5 Å². The average molecular weight is 442 g/mol.